The maximum atomic E-state index is 5.86. The van der Waals surface area contributed by atoms with Crippen molar-refractivity contribution in [3.63, 3.8) is 0 Å². The van der Waals surface area contributed by atoms with Crippen molar-refractivity contribution in [1.29, 1.82) is 0 Å². The van der Waals surface area contributed by atoms with Crippen LogP contribution >= 0.6 is 23.1 Å². The van der Waals surface area contributed by atoms with Crippen LogP contribution in [0, 0.1) is 0 Å². The molecule has 1 aromatic heterocycles. The SMILES string of the molecule is CCNCc1sc(C2CSCCO2)nc1C(C)(C)C. The Morgan fingerprint density at radius 3 is 2.79 bits per heavy atom. The number of thioether (sulfide) groups is 1. The predicted octanol–water partition coefficient (Wildman–Crippen LogP) is 3.35. The molecule has 1 aliphatic heterocycles. The van der Waals surface area contributed by atoms with Crippen LogP contribution in [-0.2, 0) is 16.7 Å². The monoisotopic (exact) mass is 300 g/mol. The van der Waals surface area contributed by atoms with E-state index in [2.05, 4.69) is 33.0 Å². The molecule has 1 saturated heterocycles. The quantitative estimate of drug-likeness (QED) is 0.924. The number of nitrogens with zero attached hydrogens (tertiary/aromatic N) is 1. The van der Waals surface area contributed by atoms with Crippen molar-refractivity contribution in [2.75, 3.05) is 24.7 Å². The second-order valence-electron chi connectivity index (χ2n) is 5.79. The van der Waals surface area contributed by atoms with Gasteiger partial charge in [-0.05, 0) is 6.54 Å². The molecule has 108 valence electrons. The highest BCUT2D eigenvalue weighted by atomic mass is 32.2. The van der Waals surface area contributed by atoms with Crippen LogP contribution in [0.5, 0.6) is 0 Å². The number of aromatic nitrogens is 1. The Bertz CT molecular complexity index is 406. The topological polar surface area (TPSA) is 34.1 Å². The lowest BCUT2D eigenvalue weighted by Gasteiger charge is -2.20. The summed E-state index contributed by atoms with van der Waals surface area (Å²) in [6.45, 7) is 11.6. The molecule has 0 saturated carbocycles. The highest BCUT2D eigenvalue weighted by Crippen LogP contribution is 2.35. The summed E-state index contributed by atoms with van der Waals surface area (Å²) in [5.41, 5.74) is 1.33. The smallest absolute Gasteiger partial charge is 0.123 e. The minimum atomic E-state index is 0.0985. The van der Waals surface area contributed by atoms with E-state index in [-0.39, 0.29) is 11.5 Å². The van der Waals surface area contributed by atoms with E-state index in [4.69, 9.17) is 9.72 Å². The summed E-state index contributed by atoms with van der Waals surface area (Å²) < 4.78 is 5.86. The molecule has 1 unspecified atom stereocenters. The van der Waals surface area contributed by atoms with Crippen molar-refractivity contribution in [1.82, 2.24) is 10.3 Å². The molecule has 19 heavy (non-hydrogen) atoms. The lowest BCUT2D eigenvalue weighted by atomic mass is 9.91. The van der Waals surface area contributed by atoms with Gasteiger partial charge in [-0.15, -0.1) is 11.3 Å². The van der Waals surface area contributed by atoms with Crippen LogP contribution in [-0.4, -0.2) is 29.6 Å². The number of hydrogen-bond donors (Lipinski definition) is 1. The molecule has 1 fully saturated rings. The van der Waals surface area contributed by atoms with Crippen LogP contribution < -0.4 is 5.32 Å². The molecule has 1 aromatic rings. The Morgan fingerprint density at radius 2 is 2.21 bits per heavy atom. The second-order valence-corrected chi connectivity index (χ2v) is 8.05. The van der Waals surface area contributed by atoms with E-state index in [1.807, 2.05) is 23.1 Å². The van der Waals surface area contributed by atoms with Crippen LogP contribution in [0.2, 0.25) is 0 Å². The van der Waals surface area contributed by atoms with Crippen molar-refractivity contribution >= 4 is 23.1 Å². The Labute approximate surface area is 124 Å². The van der Waals surface area contributed by atoms with Crippen molar-refractivity contribution in [3.05, 3.63) is 15.6 Å². The van der Waals surface area contributed by atoms with Gasteiger partial charge in [-0.25, -0.2) is 4.98 Å². The molecule has 1 aliphatic rings. The molecule has 1 atom stereocenters. The van der Waals surface area contributed by atoms with E-state index in [0.29, 0.717) is 0 Å². The van der Waals surface area contributed by atoms with Gasteiger partial charge >= 0.3 is 0 Å². The zero-order valence-corrected chi connectivity index (χ0v) is 13.9. The molecule has 0 radical (unpaired) electrons. The summed E-state index contributed by atoms with van der Waals surface area (Å²) in [5.74, 6) is 2.15. The number of nitrogens with one attached hydrogen (secondary N) is 1. The van der Waals surface area contributed by atoms with E-state index < -0.39 is 0 Å². The zero-order valence-electron chi connectivity index (χ0n) is 12.3. The molecular weight excluding hydrogens is 276 g/mol. The third-order valence-electron chi connectivity index (χ3n) is 3.05. The lowest BCUT2D eigenvalue weighted by molar-refractivity contribution is 0.0753. The van der Waals surface area contributed by atoms with Crippen LogP contribution in [0.3, 0.4) is 0 Å². The minimum Gasteiger partial charge on any atom is -0.369 e. The number of rotatable bonds is 4. The first kappa shape index (κ1) is 15.3. The van der Waals surface area contributed by atoms with Gasteiger partial charge < -0.3 is 10.1 Å². The van der Waals surface area contributed by atoms with E-state index in [9.17, 15) is 0 Å². The third-order valence-corrected chi connectivity index (χ3v) is 5.19. The number of ether oxygens (including phenoxy) is 1. The highest BCUT2D eigenvalue weighted by molar-refractivity contribution is 7.99. The fourth-order valence-corrected chi connectivity index (χ4v) is 4.33. The maximum Gasteiger partial charge on any atom is 0.123 e. The molecule has 0 aliphatic carbocycles. The van der Waals surface area contributed by atoms with Crippen LogP contribution in [0.1, 0.15) is 49.4 Å². The Kier molecular flexibility index (Phi) is 5.29. The number of hydrogen-bond acceptors (Lipinski definition) is 5. The molecule has 5 heteroatoms. The molecule has 0 spiro atoms. The van der Waals surface area contributed by atoms with Gasteiger partial charge in [0.25, 0.3) is 0 Å². The summed E-state index contributed by atoms with van der Waals surface area (Å²) >= 11 is 3.79. The predicted molar refractivity (Wildman–Crippen MR) is 84.2 cm³/mol. The van der Waals surface area contributed by atoms with Gasteiger partial charge in [-0.3, -0.25) is 0 Å². The van der Waals surface area contributed by atoms with E-state index in [1.165, 1.54) is 10.6 Å². The fourth-order valence-electron chi connectivity index (χ4n) is 2.08. The maximum absolute atomic E-state index is 5.86. The second kappa shape index (κ2) is 6.57. The summed E-state index contributed by atoms with van der Waals surface area (Å²) in [4.78, 5) is 6.26. The first-order valence-electron chi connectivity index (χ1n) is 6.92. The molecule has 0 bridgehead atoms. The standard InChI is InChI=1S/C14H24N2OS2/c1-5-15-8-11-12(14(2,3)4)16-13(19-11)10-9-18-7-6-17-10/h10,15H,5-9H2,1-4H3. The first-order valence-corrected chi connectivity index (χ1v) is 8.89. The van der Waals surface area contributed by atoms with Gasteiger partial charge in [0.15, 0.2) is 0 Å². The van der Waals surface area contributed by atoms with Crippen LogP contribution in [0.4, 0.5) is 0 Å². The van der Waals surface area contributed by atoms with Crippen molar-refractivity contribution < 1.29 is 4.74 Å². The fraction of sp³-hybridized carbons (Fsp3) is 0.786. The average molecular weight is 300 g/mol. The summed E-state index contributed by atoms with van der Waals surface area (Å²) in [6.07, 6.45) is 0.195. The first-order chi connectivity index (χ1) is 9.02. The zero-order chi connectivity index (χ0) is 13.9. The largest absolute Gasteiger partial charge is 0.369 e. The van der Waals surface area contributed by atoms with Gasteiger partial charge in [-0.1, -0.05) is 27.7 Å². The lowest BCUT2D eigenvalue weighted by Crippen LogP contribution is -2.19. The molecule has 1 N–H and O–H groups in total. The summed E-state index contributed by atoms with van der Waals surface area (Å²) in [7, 11) is 0. The van der Waals surface area contributed by atoms with Crippen molar-refractivity contribution in [2.45, 2.75) is 45.8 Å². The Morgan fingerprint density at radius 1 is 1.42 bits per heavy atom. The average Bonchev–Trinajstić information content (AvgIpc) is 2.81. The van der Waals surface area contributed by atoms with E-state index in [0.717, 1.165) is 36.2 Å². The highest BCUT2D eigenvalue weighted by Gasteiger charge is 2.27. The molecule has 2 heterocycles. The normalized spacial score (nSPS) is 20.7. The van der Waals surface area contributed by atoms with E-state index >= 15 is 0 Å². The molecular formula is C14H24N2OS2. The number of thiazole rings is 1. The van der Waals surface area contributed by atoms with E-state index in [1.54, 1.807) is 0 Å². The summed E-state index contributed by atoms with van der Waals surface area (Å²) in [6, 6.07) is 0. The van der Waals surface area contributed by atoms with Crippen molar-refractivity contribution in [2.24, 2.45) is 0 Å². The Balaban J connectivity index is 2.22. The van der Waals surface area contributed by atoms with Gasteiger partial charge in [0.1, 0.15) is 11.1 Å². The van der Waals surface area contributed by atoms with Gasteiger partial charge in [-0.2, -0.15) is 11.8 Å². The summed E-state index contributed by atoms with van der Waals surface area (Å²) in [5, 5.41) is 4.58. The minimum absolute atomic E-state index is 0.0985. The Hall–Kier alpha value is -0.100. The van der Waals surface area contributed by atoms with Gasteiger partial charge in [0.05, 0.1) is 12.3 Å². The van der Waals surface area contributed by atoms with Gasteiger partial charge in [0.2, 0.25) is 0 Å². The molecule has 0 amide bonds. The van der Waals surface area contributed by atoms with Crippen molar-refractivity contribution in [3.8, 4) is 0 Å². The third kappa shape index (κ3) is 3.94. The van der Waals surface area contributed by atoms with Gasteiger partial charge in [0, 0.05) is 28.3 Å². The van der Waals surface area contributed by atoms with Crippen LogP contribution in [0.15, 0.2) is 0 Å². The van der Waals surface area contributed by atoms with Crippen LogP contribution in [0.25, 0.3) is 0 Å². The molecule has 0 aromatic carbocycles. The molecule has 3 nitrogen and oxygen atoms in total. The molecule has 2 rings (SSSR count).